The number of rotatable bonds is 3. The molecule has 0 radical (unpaired) electrons. The van der Waals surface area contributed by atoms with Gasteiger partial charge in [-0.2, -0.15) is 4.98 Å². The number of carbonyl (C=O) groups is 1. The first-order valence-electron chi connectivity index (χ1n) is 5.61. The van der Waals surface area contributed by atoms with Crippen molar-refractivity contribution >= 4 is 22.8 Å². The van der Waals surface area contributed by atoms with E-state index in [1.54, 1.807) is 12.1 Å². The van der Waals surface area contributed by atoms with Gasteiger partial charge in [-0.25, -0.2) is 5.10 Å². The van der Waals surface area contributed by atoms with Gasteiger partial charge in [0.15, 0.2) is 0 Å². The molecule has 0 fully saturated rings. The summed E-state index contributed by atoms with van der Waals surface area (Å²) in [6.07, 6.45) is 1.83. The van der Waals surface area contributed by atoms with Crippen LogP contribution in [0.15, 0.2) is 30.5 Å². The van der Waals surface area contributed by atoms with Gasteiger partial charge in [0.1, 0.15) is 0 Å². The molecule has 0 unspecified atom stereocenters. The van der Waals surface area contributed by atoms with Crippen LogP contribution in [0.3, 0.4) is 0 Å². The highest BCUT2D eigenvalue weighted by atomic mass is 16.5. The van der Waals surface area contributed by atoms with Crippen LogP contribution in [0.1, 0.15) is 10.4 Å². The van der Waals surface area contributed by atoms with Crippen molar-refractivity contribution < 1.29 is 9.53 Å². The lowest BCUT2D eigenvalue weighted by molar-refractivity contribution is 0.102. The molecule has 3 aromatic rings. The van der Waals surface area contributed by atoms with Crippen LogP contribution in [0.4, 0.5) is 5.95 Å². The maximum atomic E-state index is 12.0. The summed E-state index contributed by atoms with van der Waals surface area (Å²) in [7, 11) is 1.45. The molecule has 0 saturated heterocycles. The van der Waals surface area contributed by atoms with Crippen molar-refractivity contribution in [3.05, 3.63) is 36.0 Å². The summed E-state index contributed by atoms with van der Waals surface area (Å²) in [5.74, 6) is -0.0243. The molecule has 0 atom stereocenters. The molecule has 3 N–H and O–H groups in total. The average molecular weight is 257 g/mol. The molecule has 96 valence electrons. The third-order valence-corrected chi connectivity index (χ3v) is 2.70. The summed E-state index contributed by atoms with van der Waals surface area (Å²) in [5, 5.41) is 9.97. The Hall–Kier alpha value is -2.83. The fourth-order valence-electron chi connectivity index (χ4n) is 1.76. The zero-order chi connectivity index (χ0) is 13.2. The number of hydrogen-bond donors (Lipinski definition) is 3. The number of aromatic nitrogens is 4. The number of hydrogen-bond acceptors (Lipinski definition) is 4. The molecule has 1 amide bonds. The Kier molecular flexibility index (Phi) is 2.64. The number of ether oxygens (including phenoxy) is 1. The van der Waals surface area contributed by atoms with Gasteiger partial charge >= 0.3 is 6.01 Å². The Morgan fingerprint density at radius 2 is 2.26 bits per heavy atom. The van der Waals surface area contributed by atoms with Gasteiger partial charge in [0.05, 0.1) is 7.11 Å². The van der Waals surface area contributed by atoms with Crippen LogP contribution in [0.25, 0.3) is 10.9 Å². The molecular weight excluding hydrogens is 246 g/mol. The van der Waals surface area contributed by atoms with Crippen LogP contribution in [0, 0.1) is 0 Å². The monoisotopic (exact) mass is 257 g/mol. The minimum Gasteiger partial charge on any atom is -0.466 e. The lowest BCUT2D eigenvalue weighted by atomic mass is 10.1. The van der Waals surface area contributed by atoms with Gasteiger partial charge in [-0.15, -0.1) is 5.10 Å². The molecule has 2 aromatic heterocycles. The Bertz CT molecular complexity index is 730. The number of methoxy groups -OCH3 is 1. The minimum atomic E-state index is -0.268. The lowest BCUT2D eigenvalue weighted by Crippen LogP contribution is -2.12. The number of nitrogens with zero attached hydrogens (tertiary/aromatic N) is 2. The van der Waals surface area contributed by atoms with Gasteiger partial charge in [0.25, 0.3) is 5.91 Å². The van der Waals surface area contributed by atoms with Crippen molar-refractivity contribution in [1.29, 1.82) is 0 Å². The highest BCUT2D eigenvalue weighted by Gasteiger charge is 2.10. The van der Waals surface area contributed by atoms with Crippen LogP contribution < -0.4 is 10.1 Å². The smallest absolute Gasteiger partial charge is 0.336 e. The topological polar surface area (TPSA) is 95.7 Å². The average Bonchev–Trinajstić information content (AvgIpc) is 3.05. The molecule has 0 aliphatic carbocycles. The first kappa shape index (κ1) is 11.3. The van der Waals surface area contributed by atoms with Crippen LogP contribution in [0.2, 0.25) is 0 Å². The number of carbonyl (C=O) groups excluding carboxylic acids is 1. The molecule has 1 aromatic carbocycles. The number of amides is 1. The summed E-state index contributed by atoms with van der Waals surface area (Å²) >= 11 is 0. The molecule has 2 heterocycles. The number of anilines is 1. The maximum Gasteiger partial charge on any atom is 0.336 e. The molecule has 0 aliphatic rings. The Balaban J connectivity index is 1.82. The molecule has 0 spiro atoms. The van der Waals surface area contributed by atoms with Gasteiger partial charge in [0, 0.05) is 17.3 Å². The maximum absolute atomic E-state index is 12.0. The van der Waals surface area contributed by atoms with Crippen molar-refractivity contribution in [3.63, 3.8) is 0 Å². The van der Waals surface area contributed by atoms with Crippen molar-refractivity contribution in [3.8, 4) is 6.01 Å². The normalized spacial score (nSPS) is 10.6. The number of nitrogens with one attached hydrogen (secondary N) is 3. The van der Waals surface area contributed by atoms with Gasteiger partial charge < -0.3 is 9.72 Å². The van der Waals surface area contributed by atoms with Crippen LogP contribution in [-0.4, -0.2) is 33.2 Å². The first-order chi connectivity index (χ1) is 9.26. The Labute approximate surface area is 108 Å². The summed E-state index contributed by atoms with van der Waals surface area (Å²) in [5.41, 5.74) is 1.44. The van der Waals surface area contributed by atoms with E-state index in [1.165, 1.54) is 7.11 Å². The molecule has 0 bridgehead atoms. The highest BCUT2D eigenvalue weighted by Crippen LogP contribution is 2.15. The van der Waals surface area contributed by atoms with Crippen molar-refractivity contribution in [2.45, 2.75) is 0 Å². The van der Waals surface area contributed by atoms with Gasteiger partial charge in [-0.3, -0.25) is 10.1 Å². The van der Waals surface area contributed by atoms with Crippen LogP contribution in [-0.2, 0) is 0 Å². The second kappa shape index (κ2) is 4.45. The molecule has 7 nitrogen and oxygen atoms in total. The predicted octanol–water partition coefficient (Wildman–Crippen LogP) is 1.55. The van der Waals surface area contributed by atoms with Gasteiger partial charge in [-0.1, -0.05) is 6.07 Å². The molecule has 3 rings (SSSR count). The summed E-state index contributed by atoms with van der Waals surface area (Å²) in [6.45, 7) is 0. The third-order valence-electron chi connectivity index (χ3n) is 2.70. The zero-order valence-corrected chi connectivity index (χ0v) is 10.1. The van der Waals surface area contributed by atoms with E-state index in [0.717, 1.165) is 10.9 Å². The number of aromatic amines is 2. The van der Waals surface area contributed by atoms with Gasteiger partial charge in [0.2, 0.25) is 5.95 Å². The van der Waals surface area contributed by atoms with E-state index in [1.807, 2.05) is 18.3 Å². The van der Waals surface area contributed by atoms with Gasteiger partial charge in [-0.05, 0) is 23.6 Å². The van der Waals surface area contributed by atoms with Crippen LogP contribution in [0.5, 0.6) is 6.01 Å². The largest absolute Gasteiger partial charge is 0.466 e. The second-order valence-electron chi connectivity index (χ2n) is 3.90. The fraction of sp³-hybridized carbons (Fsp3) is 0.0833. The minimum absolute atomic E-state index is 0.176. The van der Waals surface area contributed by atoms with E-state index in [9.17, 15) is 4.79 Å². The molecule has 19 heavy (non-hydrogen) atoms. The van der Waals surface area contributed by atoms with E-state index in [-0.39, 0.29) is 17.9 Å². The highest BCUT2D eigenvalue weighted by molar-refractivity contribution is 6.05. The lowest BCUT2D eigenvalue weighted by Gasteiger charge is -2.01. The standard InChI is InChI=1S/C12H11N5O2/c1-19-12-15-11(16-17-12)14-10(18)8-3-2-7-4-5-13-9(7)6-8/h2-6,13H,1H3,(H2,14,15,16,17,18). The molecular formula is C12H11N5O2. The number of benzene rings is 1. The fourth-order valence-corrected chi connectivity index (χ4v) is 1.76. The summed E-state index contributed by atoms with van der Waals surface area (Å²) in [6, 6.07) is 7.52. The van der Waals surface area contributed by atoms with E-state index in [2.05, 4.69) is 25.5 Å². The first-order valence-corrected chi connectivity index (χ1v) is 5.61. The van der Waals surface area contributed by atoms with Crippen molar-refractivity contribution in [2.24, 2.45) is 0 Å². The quantitative estimate of drug-likeness (QED) is 0.663. The van der Waals surface area contributed by atoms with Crippen molar-refractivity contribution in [2.75, 3.05) is 12.4 Å². The second-order valence-corrected chi connectivity index (χ2v) is 3.90. The summed E-state index contributed by atoms with van der Waals surface area (Å²) in [4.78, 5) is 19.0. The van der Waals surface area contributed by atoms with Crippen LogP contribution >= 0.6 is 0 Å². The molecule has 0 aliphatic heterocycles. The Morgan fingerprint density at radius 1 is 1.37 bits per heavy atom. The van der Waals surface area contributed by atoms with E-state index >= 15 is 0 Å². The van der Waals surface area contributed by atoms with E-state index in [4.69, 9.17) is 4.74 Å². The van der Waals surface area contributed by atoms with E-state index in [0.29, 0.717) is 5.56 Å². The van der Waals surface area contributed by atoms with E-state index < -0.39 is 0 Å². The zero-order valence-electron chi connectivity index (χ0n) is 10.1. The predicted molar refractivity (Wildman–Crippen MR) is 69.2 cm³/mol. The molecule has 7 heteroatoms. The summed E-state index contributed by atoms with van der Waals surface area (Å²) < 4.78 is 4.82. The Morgan fingerprint density at radius 3 is 3.05 bits per heavy atom. The number of H-pyrrole nitrogens is 2. The molecule has 0 saturated carbocycles. The number of fused-ring (bicyclic) bond motifs is 1. The van der Waals surface area contributed by atoms with Crippen molar-refractivity contribution in [1.82, 2.24) is 20.2 Å². The third kappa shape index (κ3) is 2.13. The SMILES string of the molecule is COc1n[nH]c(NC(=O)c2ccc3cc[nH]c3c2)n1.